The van der Waals surface area contributed by atoms with E-state index in [1.54, 1.807) is 6.07 Å². The molecule has 1 aliphatic rings. The van der Waals surface area contributed by atoms with Crippen molar-refractivity contribution in [3.63, 3.8) is 0 Å². The average molecular weight is 366 g/mol. The highest BCUT2D eigenvalue weighted by Crippen LogP contribution is 2.30. The Labute approximate surface area is 158 Å². The zero-order valence-electron chi connectivity index (χ0n) is 15.3. The highest BCUT2D eigenvalue weighted by molar-refractivity contribution is 5.66. The Morgan fingerprint density at radius 1 is 1.15 bits per heavy atom. The molecule has 0 aliphatic carbocycles. The number of nitro benzene ring substituents is 1. The van der Waals surface area contributed by atoms with Gasteiger partial charge in [0.05, 0.1) is 23.2 Å². The van der Waals surface area contributed by atoms with Crippen molar-refractivity contribution in [1.82, 2.24) is 4.90 Å². The van der Waals surface area contributed by atoms with Crippen LogP contribution in [0.4, 0.5) is 11.4 Å². The lowest BCUT2D eigenvalue weighted by atomic mass is 10.1. The Hall–Kier alpha value is -3.11. The van der Waals surface area contributed by atoms with E-state index in [1.165, 1.54) is 17.7 Å². The van der Waals surface area contributed by atoms with Crippen molar-refractivity contribution in [2.75, 3.05) is 37.7 Å². The second kappa shape index (κ2) is 8.52. The molecular formula is C20H22N4O3. The van der Waals surface area contributed by atoms with E-state index < -0.39 is 0 Å². The zero-order valence-corrected chi connectivity index (χ0v) is 15.3. The van der Waals surface area contributed by atoms with Crippen molar-refractivity contribution in [3.8, 4) is 11.8 Å². The fourth-order valence-corrected chi connectivity index (χ4v) is 3.26. The molecule has 2 aromatic rings. The summed E-state index contributed by atoms with van der Waals surface area (Å²) < 4.78 is 5.47. The minimum absolute atomic E-state index is 0.0500. The van der Waals surface area contributed by atoms with Gasteiger partial charge in [0.2, 0.25) is 0 Å². The number of hydrogen-bond acceptors (Lipinski definition) is 6. The number of anilines is 1. The van der Waals surface area contributed by atoms with Crippen LogP contribution < -0.4 is 9.64 Å². The fraction of sp³-hybridized carbons (Fsp3) is 0.350. The third kappa shape index (κ3) is 4.54. The van der Waals surface area contributed by atoms with Crippen molar-refractivity contribution >= 4 is 11.4 Å². The van der Waals surface area contributed by atoms with Crippen LogP contribution in [-0.2, 0) is 6.54 Å². The summed E-state index contributed by atoms with van der Waals surface area (Å²) in [7, 11) is 0. The first kappa shape index (κ1) is 18.7. The lowest BCUT2D eigenvalue weighted by Crippen LogP contribution is -2.46. The number of nitro groups is 1. The Morgan fingerprint density at radius 2 is 1.85 bits per heavy atom. The summed E-state index contributed by atoms with van der Waals surface area (Å²) in [5.74, 6) is 0.871. The Bertz CT molecular complexity index is 837. The van der Waals surface area contributed by atoms with Gasteiger partial charge < -0.3 is 9.64 Å². The Kier molecular flexibility index (Phi) is 5.89. The molecule has 1 saturated heterocycles. The summed E-state index contributed by atoms with van der Waals surface area (Å²) >= 11 is 0. The van der Waals surface area contributed by atoms with Gasteiger partial charge in [-0.3, -0.25) is 15.0 Å². The molecule has 1 heterocycles. The van der Waals surface area contributed by atoms with Crippen molar-refractivity contribution in [2.45, 2.75) is 13.5 Å². The van der Waals surface area contributed by atoms with Gasteiger partial charge in [0.1, 0.15) is 11.4 Å². The summed E-state index contributed by atoms with van der Waals surface area (Å²) in [5, 5.41) is 20.4. The lowest BCUT2D eigenvalue weighted by molar-refractivity contribution is -0.384. The molecule has 0 N–H and O–H groups in total. The molecule has 7 nitrogen and oxygen atoms in total. The number of nitrogens with zero attached hydrogens (tertiary/aromatic N) is 4. The van der Waals surface area contributed by atoms with Crippen molar-refractivity contribution < 1.29 is 9.66 Å². The molecular weight excluding hydrogens is 344 g/mol. The molecule has 2 aromatic carbocycles. The first-order valence-corrected chi connectivity index (χ1v) is 8.98. The van der Waals surface area contributed by atoms with Crippen LogP contribution in [0.25, 0.3) is 0 Å². The molecule has 0 unspecified atom stereocenters. The van der Waals surface area contributed by atoms with Gasteiger partial charge in [-0.25, -0.2) is 0 Å². The van der Waals surface area contributed by atoms with E-state index in [0.717, 1.165) is 25.4 Å². The molecule has 0 saturated carbocycles. The average Bonchev–Trinajstić information content (AvgIpc) is 2.69. The summed E-state index contributed by atoms with van der Waals surface area (Å²) in [6, 6.07) is 14.7. The van der Waals surface area contributed by atoms with Gasteiger partial charge >= 0.3 is 0 Å². The SMILES string of the molecule is CCOc1ccc(CN2CCN(c3cc(C#N)ccc3[N+](=O)[O-])CC2)cc1. The molecule has 0 spiro atoms. The van der Waals surface area contributed by atoms with Crippen LogP contribution in [0.5, 0.6) is 5.75 Å². The van der Waals surface area contributed by atoms with E-state index in [9.17, 15) is 10.1 Å². The first-order chi connectivity index (χ1) is 13.1. The molecule has 0 radical (unpaired) electrons. The highest BCUT2D eigenvalue weighted by Gasteiger charge is 2.24. The predicted octanol–water partition coefficient (Wildman–Crippen LogP) is 3.19. The van der Waals surface area contributed by atoms with Crippen LogP contribution in [0, 0.1) is 21.4 Å². The van der Waals surface area contributed by atoms with Gasteiger partial charge in [-0.2, -0.15) is 5.26 Å². The second-order valence-electron chi connectivity index (χ2n) is 6.41. The Morgan fingerprint density at radius 3 is 2.44 bits per heavy atom. The standard InChI is InChI=1S/C20H22N4O3/c1-2-27-18-6-3-16(4-7-18)15-22-9-11-23(12-10-22)20-13-17(14-21)5-8-19(20)24(25)26/h3-8,13H,2,9-12,15H2,1H3. The van der Waals surface area contributed by atoms with Crippen LogP contribution in [-0.4, -0.2) is 42.6 Å². The van der Waals surface area contributed by atoms with Gasteiger partial charge in [-0.15, -0.1) is 0 Å². The van der Waals surface area contributed by atoms with Crippen LogP contribution in [0.3, 0.4) is 0 Å². The largest absolute Gasteiger partial charge is 0.494 e. The smallest absolute Gasteiger partial charge is 0.292 e. The van der Waals surface area contributed by atoms with Gasteiger partial charge in [0.15, 0.2) is 0 Å². The number of benzene rings is 2. The van der Waals surface area contributed by atoms with E-state index in [-0.39, 0.29) is 10.6 Å². The fourth-order valence-electron chi connectivity index (χ4n) is 3.26. The Balaban J connectivity index is 1.63. The van der Waals surface area contributed by atoms with Gasteiger partial charge in [0, 0.05) is 38.8 Å². The van der Waals surface area contributed by atoms with Crippen molar-refractivity contribution in [1.29, 1.82) is 5.26 Å². The monoisotopic (exact) mass is 366 g/mol. The number of hydrogen-bond donors (Lipinski definition) is 0. The highest BCUT2D eigenvalue weighted by atomic mass is 16.6. The van der Waals surface area contributed by atoms with Gasteiger partial charge in [-0.1, -0.05) is 12.1 Å². The van der Waals surface area contributed by atoms with Gasteiger partial charge in [0.25, 0.3) is 5.69 Å². The van der Waals surface area contributed by atoms with E-state index in [0.29, 0.717) is 30.9 Å². The quantitative estimate of drug-likeness (QED) is 0.577. The van der Waals surface area contributed by atoms with Crippen LogP contribution in [0.15, 0.2) is 42.5 Å². The maximum atomic E-state index is 11.3. The number of ether oxygens (including phenoxy) is 1. The van der Waals surface area contributed by atoms with E-state index in [1.807, 2.05) is 24.0 Å². The molecule has 1 fully saturated rings. The minimum atomic E-state index is -0.386. The molecule has 1 aliphatic heterocycles. The van der Waals surface area contributed by atoms with Crippen molar-refractivity contribution in [3.05, 3.63) is 63.7 Å². The van der Waals surface area contributed by atoms with Crippen LogP contribution >= 0.6 is 0 Å². The summed E-state index contributed by atoms with van der Waals surface area (Å²) in [4.78, 5) is 15.3. The molecule has 0 atom stereocenters. The van der Waals surface area contributed by atoms with E-state index in [4.69, 9.17) is 10.00 Å². The molecule has 7 heteroatoms. The molecule has 0 amide bonds. The molecule has 140 valence electrons. The van der Waals surface area contributed by atoms with Crippen LogP contribution in [0.2, 0.25) is 0 Å². The second-order valence-corrected chi connectivity index (χ2v) is 6.41. The summed E-state index contributed by atoms with van der Waals surface area (Å²) in [5.41, 5.74) is 2.23. The third-order valence-electron chi connectivity index (χ3n) is 4.65. The number of rotatable bonds is 6. The van der Waals surface area contributed by atoms with E-state index in [2.05, 4.69) is 23.1 Å². The van der Waals surface area contributed by atoms with E-state index >= 15 is 0 Å². The summed E-state index contributed by atoms with van der Waals surface area (Å²) in [6.45, 7) is 6.44. The molecule has 0 aromatic heterocycles. The third-order valence-corrected chi connectivity index (χ3v) is 4.65. The van der Waals surface area contributed by atoms with Crippen LogP contribution in [0.1, 0.15) is 18.1 Å². The van der Waals surface area contributed by atoms with Crippen molar-refractivity contribution in [2.24, 2.45) is 0 Å². The predicted molar refractivity (Wildman–Crippen MR) is 103 cm³/mol. The maximum Gasteiger partial charge on any atom is 0.292 e. The molecule has 27 heavy (non-hydrogen) atoms. The first-order valence-electron chi connectivity index (χ1n) is 8.98. The molecule has 3 rings (SSSR count). The zero-order chi connectivity index (χ0) is 19.2. The van der Waals surface area contributed by atoms with Gasteiger partial charge in [-0.05, 0) is 36.8 Å². The normalized spacial score (nSPS) is 14.6. The molecule has 0 bridgehead atoms. The lowest BCUT2D eigenvalue weighted by Gasteiger charge is -2.35. The minimum Gasteiger partial charge on any atom is -0.494 e. The summed E-state index contributed by atoms with van der Waals surface area (Å²) in [6.07, 6.45) is 0. The number of piperazine rings is 1. The maximum absolute atomic E-state index is 11.3. The number of nitriles is 1. The topological polar surface area (TPSA) is 82.6 Å².